The molecule has 0 aromatic carbocycles. The van der Waals surface area contributed by atoms with Crippen LogP contribution in [-0.2, 0) is 4.79 Å². The third-order valence-electron chi connectivity index (χ3n) is 2.85. The largest absolute Gasteiger partial charge is 0.297 e. The molecule has 0 N–H and O–H groups in total. The summed E-state index contributed by atoms with van der Waals surface area (Å²) in [6.45, 7) is 5.60. The minimum Gasteiger partial charge on any atom is -0.297 e. The SMILES string of the molecule is CC(C)N1CCCCC1CC#CN=C=O. The maximum absolute atomic E-state index is 9.82. The number of isocyanates is 1. The van der Waals surface area contributed by atoms with Gasteiger partial charge in [0.1, 0.15) is 0 Å². The Balaban J connectivity index is 2.50. The van der Waals surface area contributed by atoms with E-state index in [0.29, 0.717) is 12.1 Å². The van der Waals surface area contributed by atoms with Crippen molar-refractivity contribution in [2.24, 2.45) is 4.99 Å². The van der Waals surface area contributed by atoms with E-state index in [0.717, 1.165) is 6.42 Å². The molecule has 1 aliphatic rings. The average molecular weight is 206 g/mol. The molecule has 1 aliphatic heterocycles. The van der Waals surface area contributed by atoms with E-state index >= 15 is 0 Å². The smallest absolute Gasteiger partial charge is 0.249 e. The Morgan fingerprint density at radius 1 is 1.47 bits per heavy atom. The quantitative estimate of drug-likeness (QED) is 0.393. The molecule has 0 aromatic heterocycles. The van der Waals surface area contributed by atoms with Gasteiger partial charge in [0.25, 0.3) is 0 Å². The standard InChI is InChI=1S/C12H18N2O/c1-11(2)14-9-4-3-6-12(14)7-5-8-13-10-15/h11-12H,3-4,6-7,9H2,1-2H3. The van der Waals surface area contributed by atoms with Crippen LogP contribution in [0.5, 0.6) is 0 Å². The molecule has 1 heterocycles. The minimum absolute atomic E-state index is 0.535. The first-order valence-corrected chi connectivity index (χ1v) is 5.56. The summed E-state index contributed by atoms with van der Waals surface area (Å²) >= 11 is 0. The molecule has 15 heavy (non-hydrogen) atoms. The Hall–Kier alpha value is -1.10. The van der Waals surface area contributed by atoms with E-state index in [2.05, 4.69) is 35.7 Å². The van der Waals surface area contributed by atoms with Crippen molar-refractivity contribution >= 4 is 6.08 Å². The normalized spacial score (nSPS) is 21.7. The third-order valence-corrected chi connectivity index (χ3v) is 2.85. The lowest BCUT2D eigenvalue weighted by atomic mass is 9.98. The average Bonchev–Trinajstić information content (AvgIpc) is 2.25. The predicted molar refractivity (Wildman–Crippen MR) is 60.0 cm³/mol. The summed E-state index contributed by atoms with van der Waals surface area (Å²) in [6.07, 6.45) is 6.01. The summed E-state index contributed by atoms with van der Waals surface area (Å²) in [5.74, 6) is 2.92. The van der Waals surface area contributed by atoms with E-state index in [1.54, 1.807) is 0 Å². The lowest BCUT2D eigenvalue weighted by molar-refractivity contribution is 0.114. The highest BCUT2D eigenvalue weighted by molar-refractivity contribution is 5.36. The molecule has 1 rings (SSSR count). The van der Waals surface area contributed by atoms with Crippen molar-refractivity contribution < 1.29 is 4.79 Å². The number of nitrogens with zero attached hydrogens (tertiary/aromatic N) is 2. The van der Waals surface area contributed by atoms with Crippen molar-refractivity contribution in [1.29, 1.82) is 0 Å². The molecular formula is C12H18N2O. The Bertz CT molecular complexity index is 294. The second-order valence-electron chi connectivity index (χ2n) is 4.18. The van der Waals surface area contributed by atoms with Crippen LogP contribution in [0.4, 0.5) is 0 Å². The molecule has 0 saturated carbocycles. The van der Waals surface area contributed by atoms with Crippen molar-refractivity contribution in [3.8, 4) is 12.0 Å². The van der Waals surface area contributed by atoms with E-state index in [-0.39, 0.29) is 0 Å². The van der Waals surface area contributed by atoms with Gasteiger partial charge in [-0.1, -0.05) is 12.3 Å². The molecule has 1 unspecified atom stereocenters. The molecule has 0 radical (unpaired) electrons. The highest BCUT2D eigenvalue weighted by atomic mass is 16.1. The van der Waals surface area contributed by atoms with Crippen molar-refractivity contribution in [3.63, 3.8) is 0 Å². The molecule has 0 aromatic rings. The van der Waals surface area contributed by atoms with E-state index in [1.807, 2.05) is 0 Å². The first kappa shape index (κ1) is 12.0. The van der Waals surface area contributed by atoms with Gasteiger partial charge in [-0.25, -0.2) is 4.79 Å². The molecule has 0 spiro atoms. The number of piperidine rings is 1. The highest BCUT2D eigenvalue weighted by Crippen LogP contribution is 2.21. The predicted octanol–water partition coefficient (Wildman–Crippen LogP) is 1.94. The Labute approximate surface area is 91.6 Å². The van der Waals surface area contributed by atoms with Crippen LogP contribution in [0, 0.1) is 12.0 Å². The maximum atomic E-state index is 9.82. The van der Waals surface area contributed by atoms with Gasteiger partial charge in [-0.3, -0.25) is 4.90 Å². The first-order valence-electron chi connectivity index (χ1n) is 5.56. The second kappa shape index (κ2) is 6.40. The zero-order chi connectivity index (χ0) is 11.1. The highest BCUT2D eigenvalue weighted by Gasteiger charge is 2.23. The van der Waals surface area contributed by atoms with Gasteiger partial charge in [0.05, 0.1) is 0 Å². The summed E-state index contributed by atoms with van der Waals surface area (Å²) in [4.78, 5) is 15.6. The lowest BCUT2D eigenvalue weighted by Gasteiger charge is -2.37. The molecule has 82 valence electrons. The van der Waals surface area contributed by atoms with E-state index in [4.69, 9.17) is 0 Å². The zero-order valence-electron chi connectivity index (χ0n) is 9.49. The molecule has 1 saturated heterocycles. The molecule has 0 bridgehead atoms. The number of rotatable bonds is 2. The lowest BCUT2D eigenvalue weighted by Crippen LogP contribution is -2.43. The molecule has 0 amide bonds. The number of carbonyl (C=O) groups excluding carboxylic acids is 1. The van der Waals surface area contributed by atoms with Gasteiger partial charge in [0, 0.05) is 24.5 Å². The summed E-state index contributed by atoms with van der Waals surface area (Å²) in [7, 11) is 0. The second-order valence-corrected chi connectivity index (χ2v) is 4.18. The van der Waals surface area contributed by atoms with E-state index in [1.165, 1.54) is 31.9 Å². The first-order chi connectivity index (χ1) is 7.25. The number of hydrogen-bond donors (Lipinski definition) is 0. The van der Waals surface area contributed by atoms with Crippen LogP contribution in [0.3, 0.4) is 0 Å². The fourth-order valence-corrected chi connectivity index (χ4v) is 2.15. The Morgan fingerprint density at radius 3 is 2.93 bits per heavy atom. The van der Waals surface area contributed by atoms with Crippen LogP contribution in [-0.4, -0.2) is 29.6 Å². The van der Waals surface area contributed by atoms with E-state index in [9.17, 15) is 4.79 Å². The Kier molecular flexibility index (Phi) is 5.10. The van der Waals surface area contributed by atoms with Crippen LogP contribution in [0.25, 0.3) is 0 Å². The van der Waals surface area contributed by atoms with Gasteiger partial charge in [-0.15, -0.1) is 4.99 Å². The maximum Gasteiger partial charge on any atom is 0.249 e. The summed E-state index contributed by atoms with van der Waals surface area (Å²) in [5.41, 5.74) is 0. The number of aliphatic imine (C=N–C) groups is 1. The van der Waals surface area contributed by atoms with Crippen LogP contribution >= 0.6 is 0 Å². The molecular weight excluding hydrogens is 188 g/mol. The summed E-state index contributed by atoms with van der Waals surface area (Å²) in [5, 5.41) is 0. The van der Waals surface area contributed by atoms with Crippen LogP contribution in [0.1, 0.15) is 39.5 Å². The van der Waals surface area contributed by atoms with Gasteiger partial charge in [-0.2, -0.15) is 0 Å². The topological polar surface area (TPSA) is 32.7 Å². The van der Waals surface area contributed by atoms with Crippen LogP contribution in [0.2, 0.25) is 0 Å². The summed E-state index contributed by atoms with van der Waals surface area (Å²) in [6, 6.07) is 3.58. The van der Waals surface area contributed by atoms with E-state index < -0.39 is 0 Å². The number of hydrogen-bond acceptors (Lipinski definition) is 3. The zero-order valence-corrected chi connectivity index (χ0v) is 9.49. The van der Waals surface area contributed by atoms with Crippen molar-refractivity contribution in [2.75, 3.05) is 6.54 Å². The minimum atomic E-state index is 0.535. The van der Waals surface area contributed by atoms with Gasteiger partial charge >= 0.3 is 0 Å². The van der Waals surface area contributed by atoms with Crippen LogP contribution in [0.15, 0.2) is 4.99 Å². The molecule has 1 fully saturated rings. The third kappa shape index (κ3) is 3.87. The Morgan fingerprint density at radius 2 is 2.27 bits per heavy atom. The summed E-state index contributed by atoms with van der Waals surface area (Å²) < 4.78 is 0. The molecule has 3 nitrogen and oxygen atoms in total. The van der Waals surface area contributed by atoms with Gasteiger partial charge in [0.15, 0.2) is 0 Å². The van der Waals surface area contributed by atoms with Crippen LogP contribution < -0.4 is 0 Å². The van der Waals surface area contributed by atoms with Crippen molar-refractivity contribution in [3.05, 3.63) is 0 Å². The van der Waals surface area contributed by atoms with Gasteiger partial charge in [0.2, 0.25) is 6.08 Å². The fourth-order valence-electron chi connectivity index (χ4n) is 2.15. The molecule has 0 aliphatic carbocycles. The number of likely N-dealkylation sites (tertiary alicyclic amines) is 1. The molecule has 1 atom stereocenters. The van der Waals surface area contributed by atoms with Gasteiger partial charge < -0.3 is 0 Å². The monoisotopic (exact) mass is 206 g/mol. The van der Waals surface area contributed by atoms with Crippen molar-refractivity contribution in [2.45, 2.75) is 51.6 Å². The van der Waals surface area contributed by atoms with Crippen molar-refractivity contribution in [1.82, 2.24) is 4.90 Å². The fraction of sp³-hybridized carbons (Fsp3) is 0.750. The molecule has 3 heteroatoms. The van der Waals surface area contributed by atoms with Gasteiger partial charge in [-0.05, 0) is 33.2 Å².